The molecule has 12 heteroatoms. The zero-order valence-electron chi connectivity index (χ0n) is 20.1. The number of hydrogen-bond acceptors (Lipinski definition) is 4. The maximum absolute atomic E-state index is 12.8. The van der Waals surface area contributed by atoms with Crippen LogP contribution in [0.1, 0.15) is 47.4 Å². The van der Waals surface area contributed by atoms with Crippen molar-refractivity contribution in [3.63, 3.8) is 0 Å². The molecule has 1 heterocycles. The summed E-state index contributed by atoms with van der Waals surface area (Å²) in [7, 11) is 0. The highest BCUT2D eigenvalue weighted by Crippen LogP contribution is 2.21. The van der Waals surface area contributed by atoms with Crippen molar-refractivity contribution in [1.29, 1.82) is 0 Å². The zero-order chi connectivity index (χ0) is 27.8. The number of carbonyl (C=O) groups excluding carboxylic acids is 3. The summed E-state index contributed by atoms with van der Waals surface area (Å²) in [6, 6.07) is 13.6. The summed E-state index contributed by atoms with van der Waals surface area (Å²) in [6.07, 6.45) is -3.75. The molecule has 0 aromatic heterocycles. The number of carboxylic acids is 1. The van der Waals surface area contributed by atoms with Gasteiger partial charge in [0.15, 0.2) is 0 Å². The first-order valence-electron chi connectivity index (χ1n) is 11.3. The van der Waals surface area contributed by atoms with E-state index < -0.39 is 12.1 Å². The Hall–Kier alpha value is -3.60. The second kappa shape index (κ2) is 13.1. The number of piperidine rings is 1. The van der Waals surface area contributed by atoms with E-state index in [1.807, 2.05) is 13.8 Å². The van der Waals surface area contributed by atoms with Crippen LogP contribution in [0.5, 0.6) is 0 Å². The SMILES string of the molecule is CC(C)NC(=O)C1CCN(C(=O)c2ccc(NC(=O)c3ccc(Cl)cc3)cc2)CC1.O=C(O)C(F)(F)F. The Labute approximate surface area is 216 Å². The molecule has 200 valence electrons. The van der Waals surface area contributed by atoms with E-state index in [0.29, 0.717) is 47.8 Å². The number of alkyl halides is 3. The van der Waals surface area contributed by atoms with Crippen LogP contribution in [0.4, 0.5) is 18.9 Å². The lowest BCUT2D eigenvalue weighted by atomic mass is 9.95. The van der Waals surface area contributed by atoms with Gasteiger partial charge >= 0.3 is 12.1 Å². The topological polar surface area (TPSA) is 116 Å². The molecule has 3 amide bonds. The molecule has 0 aliphatic carbocycles. The van der Waals surface area contributed by atoms with Gasteiger partial charge in [-0.25, -0.2) is 4.79 Å². The number of likely N-dealkylation sites (tertiary alicyclic amines) is 1. The Morgan fingerprint density at radius 2 is 1.43 bits per heavy atom. The molecule has 0 radical (unpaired) electrons. The van der Waals surface area contributed by atoms with Crippen molar-refractivity contribution < 1.29 is 37.5 Å². The van der Waals surface area contributed by atoms with Crippen LogP contribution >= 0.6 is 11.6 Å². The van der Waals surface area contributed by atoms with Gasteiger partial charge in [0.05, 0.1) is 0 Å². The summed E-state index contributed by atoms with van der Waals surface area (Å²) in [5.74, 6) is -3.03. The van der Waals surface area contributed by atoms with Crippen molar-refractivity contribution in [1.82, 2.24) is 10.2 Å². The molecule has 0 saturated carbocycles. The number of anilines is 1. The zero-order valence-corrected chi connectivity index (χ0v) is 20.9. The number of nitrogens with zero attached hydrogens (tertiary/aromatic N) is 1. The molecule has 37 heavy (non-hydrogen) atoms. The van der Waals surface area contributed by atoms with Gasteiger partial charge in [-0.3, -0.25) is 14.4 Å². The quantitative estimate of drug-likeness (QED) is 0.511. The van der Waals surface area contributed by atoms with Crippen LogP contribution < -0.4 is 10.6 Å². The number of rotatable bonds is 5. The minimum Gasteiger partial charge on any atom is -0.475 e. The first kappa shape index (κ1) is 29.6. The number of nitrogens with one attached hydrogen (secondary N) is 2. The number of hydrogen-bond donors (Lipinski definition) is 3. The summed E-state index contributed by atoms with van der Waals surface area (Å²) in [5, 5.41) is 13.4. The molecule has 1 fully saturated rings. The number of amides is 3. The fourth-order valence-electron chi connectivity index (χ4n) is 3.43. The van der Waals surface area contributed by atoms with Crippen molar-refractivity contribution in [2.24, 2.45) is 5.92 Å². The van der Waals surface area contributed by atoms with Crippen molar-refractivity contribution in [2.75, 3.05) is 18.4 Å². The van der Waals surface area contributed by atoms with Gasteiger partial charge < -0.3 is 20.6 Å². The third kappa shape index (κ3) is 9.41. The van der Waals surface area contributed by atoms with Gasteiger partial charge in [-0.05, 0) is 75.2 Å². The molecule has 3 N–H and O–H groups in total. The monoisotopic (exact) mass is 541 g/mol. The molecule has 1 saturated heterocycles. The number of benzene rings is 2. The largest absolute Gasteiger partial charge is 0.490 e. The molecule has 0 unspecified atom stereocenters. The third-order valence-corrected chi connectivity index (χ3v) is 5.57. The van der Waals surface area contributed by atoms with Crippen molar-refractivity contribution in [3.05, 3.63) is 64.7 Å². The molecule has 0 bridgehead atoms. The van der Waals surface area contributed by atoms with E-state index in [-0.39, 0.29) is 29.7 Å². The van der Waals surface area contributed by atoms with E-state index in [1.165, 1.54) is 0 Å². The summed E-state index contributed by atoms with van der Waals surface area (Å²) in [4.78, 5) is 47.9. The molecule has 8 nitrogen and oxygen atoms in total. The summed E-state index contributed by atoms with van der Waals surface area (Å²) in [5.41, 5.74) is 1.67. The lowest BCUT2D eigenvalue weighted by Crippen LogP contribution is -2.44. The standard InChI is InChI=1S/C23H26ClN3O3.C2HF3O2/c1-15(2)25-21(28)17-11-13-27(14-12-17)23(30)18-5-9-20(10-6-18)26-22(29)16-3-7-19(24)8-4-16;3-2(4,5)1(6)7/h3-10,15,17H,11-14H2,1-2H3,(H,25,28)(H,26,29);(H,6,7). The first-order valence-corrected chi connectivity index (χ1v) is 11.7. The van der Waals surface area contributed by atoms with Crippen molar-refractivity contribution in [3.8, 4) is 0 Å². The smallest absolute Gasteiger partial charge is 0.475 e. The van der Waals surface area contributed by atoms with Crippen LogP contribution in [0, 0.1) is 5.92 Å². The highest BCUT2D eigenvalue weighted by Gasteiger charge is 2.38. The summed E-state index contributed by atoms with van der Waals surface area (Å²) in [6.45, 7) is 5.00. The summed E-state index contributed by atoms with van der Waals surface area (Å²) >= 11 is 5.84. The van der Waals surface area contributed by atoms with Gasteiger partial charge in [0.2, 0.25) is 5.91 Å². The van der Waals surface area contributed by atoms with Crippen LogP contribution in [-0.2, 0) is 9.59 Å². The fraction of sp³-hybridized carbons (Fsp3) is 0.360. The minimum absolute atomic E-state index is 0.0399. The van der Waals surface area contributed by atoms with Gasteiger partial charge in [0, 0.05) is 46.9 Å². The maximum atomic E-state index is 12.8. The molecule has 2 aromatic rings. The maximum Gasteiger partial charge on any atom is 0.490 e. The minimum atomic E-state index is -5.08. The predicted molar refractivity (Wildman–Crippen MR) is 131 cm³/mol. The highest BCUT2D eigenvalue weighted by molar-refractivity contribution is 6.30. The van der Waals surface area contributed by atoms with Gasteiger partial charge in [0.1, 0.15) is 0 Å². The van der Waals surface area contributed by atoms with E-state index in [1.54, 1.807) is 53.4 Å². The van der Waals surface area contributed by atoms with E-state index >= 15 is 0 Å². The normalized spacial score (nSPS) is 13.9. The lowest BCUT2D eigenvalue weighted by molar-refractivity contribution is -0.192. The van der Waals surface area contributed by atoms with Crippen LogP contribution in [-0.4, -0.2) is 59.0 Å². The molecule has 3 rings (SSSR count). The molecule has 2 aromatic carbocycles. The molecular weight excluding hydrogens is 515 g/mol. The second-order valence-corrected chi connectivity index (χ2v) is 9.01. The van der Waals surface area contributed by atoms with Gasteiger partial charge in [-0.2, -0.15) is 13.2 Å². The lowest BCUT2D eigenvalue weighted by Gasteiger charge is -2.31. The molecule has 0 spiro atoms. The van der Waals surface area contributed by atoms with E-state index in [2.05, 4.69) is 10.6 Å². The summed E-state index contributed by atoms with van der Waals surface area (Å²) < 4.78 is 31.7. The first-order chi connectivity index (χ1) is 17.3. The number of carbonyl (C=O) groups is 4. The van der Waals surface area contributed by atoms with E-state index in [4.69, 9.17) is 21.5 Å². The molecule has 1 aliphatic rings. The fourth-order valence-corrected chi connectivity index (χ4v) is 3.56. The average Bonchev–Trinajstić information content (AvgIpc) is 2.84. The van der Waals surface area contributed by atoms with Gasteiger partial charge in [-0.1, -0.05) is 11.6 Å². The van der Waals surface area contributed by atoms with Gasteiger partial charge in [0.25, 0.3) is 11.8 Å². The number of carboxylic acid groups (broad SMARTS) is 1. The Morgan fingerprint density at radius 1 is 0.946 bits per heavy atom. The van der Waals surface area contributed by atoms with Crippen LogP contribution in [0.2, 0.25) is 5.02 Å². The Kier molecular flexibility index (Phi) is 10.5. The second-order valence-electron chi connectivity index (χ2n) is 8.57. The Bertz CT molecular complexity index is 1100. The van der Waals surface area contributed by atoms with Crippen LogP contribution in [0.15, 0.2) is 48.5 Å². The molecular formula is C25H27ClF3N3O5. The third-order valence-electron chi connectivity index (χ3n) is 5.32. The Balaban J connectivity index is 0.000000604. The van der Waals surface area contributed by atoms with E-state index in [9.17, 15) is 27.6 Å². The van der Waals surface area contributed by atoms with Crippen molar-refractivity contribution in [2.45, 2.75) is 38.9 Å². The van der Waals surface area contributed by atoms with Gasteiger partial charge in [-0.15, -0.1) is 0 Å². The van der Waals surface area contributed by atoms with Crippen LogP contribution in [0.25, 0.3) is 0 Å². The molecule has 1 aliphatic heterocycles. The average molecular weight is 542 g/mol. The molecule has 0 atom stereocenters. The predicted octanol–water partition coefficient (Wildman–Crippen LogP) is 4.60. The Morgan fingerprint density at radius 3 is 1.89 bits per heavy atom. The number of halogens is 4. The van der Waals surface area contributed by atoms with Crippen LogP contribution in [0.3, 0.4) is 0 Å². The van der Waals surface area contributed by atoms with E-state index in [0.717, 1.165) is 0 Å². The van der Waals surface area contributed by atoms with Crippen molar-refractivity contribution >= 4 is 41.0 Å². The number of aliphatic carboxylic acids is 1. The highest BCUT2D eigenvalue weighted by atomic mass is 35.5.